The van der Waals surface area contributed by atoms with E-state index in [-0.39, 0.29) is 29.6 Å². The molecule has 3 saturated carbocycles. The number of halogens is 3. The van der Waals surface area contributed by atoms with Crippen LogP contribution in [0.25, 0.3) is 0 Å². The van der Waals surface area contributed by atoms with E-state index in [1.54, 1.807) is 0 Å². The highest BCUT2D eigenvalue weighted by Gasteiger charge is 2.59. The number of ether oxygens (including phenoxy) is 1. The third kappa shape index (κ3) is 3.58. The fraction of sp³-hybridized carbons (Fsp3) is 0.870. The van der Waals surface area contributed by atoms with Crippen molar-refractivity contribution in [3.63, 3.8) is 0 Å². The average Bonchev–Trinajstić information content (AvgIpc) is 2.98. The van der Waals surface area contributed by atoms with Crippen molar-refractivity contribution in [2.24, 2.45) is 28.6 Å². The van der Waals surface area contributed by atoms with E-state index in [0.717, 1.165) is 51.4 Å². The summed E-state index contributed by atoms with van der Waals surface area (Å²) in [4.78, 5) is 11.2. The Bertz CT molecular complexity index is 687. The number of hydrogen-bond donors (Lipinski definition) is 1. The van der Waals surface area contributed by atoms with Crippen molar-refractivity contribution < 1.29 is 27.8 Å². The minimum absolute atomic E-state index is 0.0155. The number of hydrogen-bond acceptors (Lipinski definition) is 3. The van der Waals surface area contributed by atoms with Gasteiger partial charge in [0.2, 0.25) is 5.78 Å². The lowest BCUT2D eigenvalue weighted by atomic mass is 9.48. The normalized spacial score (nSPS) is 44.5. The molecule has 4 rings (SSSR count). The van der Waals surface area contributed by atoms with Gasteiger partial charge >= 0.3 is 6.18 Å². The van der Waals surface area contributed by atoms with Crippen molar-refractivity contribution in [2.45, 2.75) is 90.0 Å². The van der Waals surface area contributed by atoms with Gasteiger partial charge in [0.15, 0.2) is 0 Å². The predicted octanol–water partition coefficient (Wildman–Crippen LogP) is 5.22. The molecule has 3 fully saturated rings. The van der Waals surface area contributed by atoms with Gasteiger partial charge in [0.05, 0.1) is 18.8 Å². The van der Waals surface area contributed by atoms with Crippen LogP contribution >= 0.6 is 0 Å². The zero-order chi connectivity index (χ0) is 21.0. The Morgan fingerprint density at radius 3 is 2.66 bits per heavy atom. The molecule has 164 valence electrons. The number of fused-ring (bicyclic) bond motifs is 5. The van der Waals surface area contributed by atoms with Gasteiger partial charge in [0, 0.05) is 6.42 Å². The molecule has 7 atom stereocenters. The summed E-state index contributed by atoms with van der Waals surface area (Å²) in [6, 6.07) is 0. The Kier molecular flexibility index (Phi) is 5.42. The van der Waals surface area contributed by atoms with Gasteiger partial charge < -0.3 is 9.84 Å². The van der Waals surface area contributed by atoms with Crippen molar-refractivity contribution in [3.05, 3.63) is 11.6 Å². The largest absolute Gasteiger partial charge is 0.450 e. The summed E-state index contributed by atoms with van der Waals surface area (Å²) >= 11 is 0. The lowest BCUT2D eigenvalue weighted by Crippen LogP contribution is -2.51. The van der Waals surface area contributed by atoms with Crippen molar-refractivity contribution in [2.75, 3.05) is 6.61 Å². The van der Waals surface area contributed by atoms with E-state index in [1.807, 2.05) is 0 Å². The van der Waals surface area contributed by atoms with E-state index >= 15 is 0 Å². The minimum atomic E-state index is -4.77. The molecule has 3 nitrogen and oxygen atoms in total. The van der Waals surface area contributed by atoms with E-state index in [0.29, 0.717) is 17.8 Å². The van der Waals surface area contributed by atoms with E-state index in [1.165, 1.54) is 5.57 Å². The van der Waals surface area contributed by atoms with E-state index in [9.17, 15) is 23.1 Å². The maximum atomic E-state index is 12.4. The molecule has 4 aliphatic carbocycles. The average molecular weight is 415 g/mol. The lowest BCUT2D eigenvalue weighted by Gasteiger charge is -2.57. The minimum Gasteiger partial charge on any atom is -0.393 e. The number of aliphatic hydroxyl groups excluding tert-OH is 1. The fourth-order valence-corrected chi connectivity index (χ4v) is 7.30. The number of carbonyl (C=O) groups excluding carboxylic acids is 1. The molecule has 29 heavy (non-hydrogen) atoms. The Balaban J connectivity index is 1.44. The van der Waals surface area contributed by atoms with Gasteiger partial charge in [-0.05, 0) is 80.0 Å². The van der Waals surface area contributed by atoms with Gasteiger partial charge in [0.25, 0.3) is 0 Å². The quantitative estimate of drug-likeness (QED) is 0.642. The topological polar surface area (TPSA) is 46.5 Å². The third-order valence-electron chi connectivity index (χ3n) is 8.96. The number of aliphatic hydroxyl groups is 1. The van der Waals surface area contributed by atoms with Crippen LogP contribution in [0.1, 0.15) is 71.6 Å². The molecule has 0 aliphatic heterocycles. The van der Waals surface area contributed by atoms with Crippen molar-refractivity contribution in [1.29, 1.82) is 0 Å². The molecular formula is C23H33F3O3. The number of Topliss-reactive ketones (excluding diaryl/α,β-unsaturated/α-hetero) is 1. The molecule has 0 aromatic carbocycles. The second-order valence-electron chi connectivity index (χ2n) is 10.3. The van der Waals surface area contributed by atoms with Crippen LogP contribution in [-0.4, -0.2) is 35.9 Å². The Morgan fingerprint density at radius 1 is 1.17 bits per heavy atom. The third-order valence-corrected chi connectivity index (χ3v) is 8.96. The summed E-state index contributed by atoms with van der Waals surface area (Å²) in [6.45, 7) is 4.50. The first-order valence-electron chi connectivity index (χ1n) is 11.1. The van der Waals surface area contributed by atoms with Gasteiger partial charge in [-0.15, -0.1) is 0 Å². The highest BCUT2D eigenvalue weighted by molar-refractivity contribution is 5.84. The summed E-state index contributed by atoms with van der Waals surface area (Å²) in [5, 5.41) is 10.1. The Hall–Kier alpha value is -0.880. The molecule has 6 heteroatoms. The molecule has 0 saturated heterocycles. The van der Waals surface area contributed by atoms with Crippen LogP contribution < -0.4 is 0 Å². The van der Waals surface area contributed by atoms with Crippen LogP contribution in [0.5, 0.6) is 0 Å². The van der Waals surface area contributed by atoms with Crippen LogP contribution in [0.4, 0.5) is 13.2 Å². The SMILES string of the molecule is CC12CCC(O)CC1=CCC1C2CCC2(C)C(OCCC(=O)C(F)(F)F)CCC12. The van der Waals surface area contributed by atoms with Gasteiger partial charge in [0.1, 0.15) is 0 Å². The van der Waals surface area contributed by atoms with E-state index in [2.05, 4.69) is 19.9 Å². The van der Waals surface area contributed by atoms with Crippen LogP contribution in [0.2, 0.25) is 0 Å². The Labute approximate surface area is 171 Å². The monoisotopic (exact) mass is 414 g/mol. The van der Waals surface area contributed by atoms with Crippen molar-refractivity contribution in [3.8, 4) is 0 Å². The first-order chi connectivity index (χ1) is 13.6. The molecule has 0 aromatic rings. The van der Waals surface area contributed by atoms with Crippen molar-refractivity contribution >= 4 is 5.78 Å². The first-order valence-corrected chi connectivity index (χ1v) is 11.1. The number of ketones is 1. The molecule has 1 N–H and O–H groups in total. The zero-order valence-corrected chi connectivity index (χ0v) is 17.4. The standard InChI is InChI=1S/C23H33F3O3/c1-21-10-7-15(27)13-14(21)3-4-16-17-5-6-20(22(17,2)11-8-18(16)21)29-12-9-19(28)23(24,25)26/h3,15-18,20,27H,4-13H2,1-2H3. The van der Waals surface area contributed by atoms with Gasteiger partial charge in [-0.1, -0.05) is 25.5 Å². The summed E-state index contributed by atoms with van der Waals surface area (Å²) in [6.07, 6.45) is 4.61. The smallest absolute Gasteiger partial charge is 0.393 e. The Morgan fingerprint density at radius 2 is 1.93 bits per heavy atom. The second-order valence-corrected chi connectivity index (χ2v) is 10.3. The summed E-state index contributed by atoms with van der Waals surface area (Å²) in [5.41, 5.74) is 1.61. The maximum Gasteiger partial charge on any atom is 0.450 e. The van der Waals surface area contributed by atoms with Crippen LogP contribution in [0, 0.1) is 28.6 Å². The second kappa shape index (κ2) is 7.37. The molecule has 0 bridgehead atoms. The van der Waals surface area contributed by atoms with Gasteiger partial charge in [-0.3, -0.25) is 4.79 Å². The van der Waals surface area contributed by atoms with Gasteiger partial charge in [-0.2, -0.15) is 13.2 Å². The highest BCUT2D eigenvalue weighted by atomic mass is 19.4. The predicted molar refractivity (Wildman–Crippen MR) is 103 cm³/mol. The zero-order valence-electron chi connectivity index (χ0n) is 17.4. The maximum absolute atomic E-state index is 12.4. The number of rotatable bonds is 4. The van der Waals surface area contributed by atoms with E-state index < -0.39 is 18.4 Å². The van der Waals surface area contributed by atoms with E-state index in [4.69, 9.17) is 4.74 Å². The van der Waals surface area contributed by atoms with Crippen LogP contribution in [0.15, 0.2) is 11.6 Å². The molecule has 0 amide bonds. The summed E-state index contributed by atoms with van der Waals surface area (Å²) < 4.78 is 43.2. The molecule has 4 aliphatic rings. The van der Waals surface area contributed by atoms with Crippen LogP contribution in [-0.2, 0) is 9.53 Å². The van der Waals surface area contributed by atoms with Crippen LogP contribution in [0.3, 0.4) is 0 Å². The number of carbonyl (C=O) groups is 1. The molecular weight excluding hydrogens is 381 g/mol. The molecule has 0 radical (unpaired) electrons. The first kappa shape index (κ1) is 21.4. The molecule has 0 heterocycles. The van der Waals surface area contributed by atoms with Crippen molar-refractivity contribution in [1.82, 2.24) is 0 Å². The fourth-order valence-electron chi connectivity index (χ4n) is 7.30. The molecule has 0 spiro atoms. The molecule has 0 aromatic heterocycles. The lowest BCUT2D eigenvalue weighted by molar-refractivity contribution is -0.173. The highest BCUT2D eigenvalue weighted by Crippen LogP contribution is 2.65. The molecule has 7 unspecified atom stereocenters. The summed E-state index contributed by atoms with van der Waals surface area (Å²) in [7, 11) is 0. The number of alkyl halides is 3. The number of allylic oxidation sites excluding steroid dienone is 1. The summed E-state index contributed by atoms with van der Waals surface area (Å²) in [5.74, 6) is 0.0334. The van der Waals surface area contributed by atoms with Gasteiger partial charge in [-0.25, -0.2) is 0 Å².